The Morgan fingerprint density at radius 1 is 1.15 bits per heavy atom. The van der Waals surface area contributed by atoms with Crippen LogP contribution < -0.4 is 0 Å². The molecule has 26 heavy (non-hydrogen) atoms. The van der Waals surface area contributed by atoms with Crippen molar-refractivity contribution in [2.24, 2.45) is 7.05 Å². The summed E-state index contributed by atoms with van der Waals surface area (Å²) in [5, 5.41) is 0. The number of rotatable bonds is 5. The van der Waals surface area contributed by atoms with E-state index in [-0.39, 0.29) is 12.1 Å². The Balaban J connectivity index is 0.000000290. The molecule has 0 spiro atoms. The van der Waals surface area contributed by atoms with Crippen LogP contribution in [0, 0.1) is 17.9 Å². The molecule has 0 fully saturated rings. The van der Waals surface area contributed by atoms with Crippen molar-refractivity contribution in [2.75, 3.05) is 14.2 Å². The molecule has 0 aliphatic rings. The molecule has 2 heterocycles. The Morgan fingerprint density at radius 2 is 1.85 bits per heavy atom. The summed E-state index contributed by atoms with van der Waals surface area (Å²) < 4.78 is 24.7. The molecule has 0 radical (unpaired) electrons. The molecule has 0 bridgehead atoms. The second-order valence-corrected chi connectivity index (χ2v) is 5.56. The number of nitrogens with zero attached hydrogens (tertiary/aromatic N) is 2. The SMILES string of the molecule is CCc1c(-c2ccncc2)cn(C)c1C(OC)OC.Fc1cc#ccc1. The van der Waals surface area contributed by atoms with E-state index in [4.69, 9.17) is 9.47 Å². The van der Waals surface area contributed by atoms with Crippen molar-refractivity contribution in [1.29, 1.82) is 0 Å². The van der Waals surface area contributed by atoms with E-state index in [2.05, 4.69) is 34.8 Å². The van der Waals surface area contributed by atoms with Gasteiger partial charge in [-0.25, -0.2) is 4.39 Å². The predicted molar refractivity (Wildman–Crippen MR) is 98.9 cm³/mol. The highest BCUT2D eigenvalue weighted by Crippen LogP contribution is 2.32. The van der Waals surface area contributed by atoms with E-state index in [1.54, 1.807) is 14.2 Å². The topological polar surface area (TPSA) is 36.3 Å². The van der Waals surface area contributed by atoms with E-state index in [0.29, 0.717) is 0 Å². The molecule has 5 heteroatoms. The van der Waals surface area contributed by atoms with Gasteiger partial charge in [0.15, 0.2) is 6.29 Å². The number of hydrogen-bond donors (Lipinski definition) is 0. The maximum absolute atomic E-state index is 11.9. The lowest BCUT2D eigenvalue weighted by Gasteiger charge is -2.16. The van der Waals surface area contributed by atoms with E-state index in [1.807, 2.05) is 31.6 Å². The Kier molecular flexibility index (Phi) is 7.34. The molecule has 3 rings (SSSR count). The van der Waals surface area contributed by atoms with E-state index in [9.17, 15) is 4.39 Å². The molecule has 0 amide bonds. The number of aryl methyl sites for hydroxylation is 1. The highest BCUT2D eigenvalue weighted by molar-refractivity contribution is 5.68. The summed E-state index contributed by atoms with van der Waals surface area (Å²) >= 11 is 0. The highest BCUT2D eigenvalue weighted by Gasteiger charge is 2.21. The molecule has 1 aromatic carbocycles. The van der Waals surface area contributed by atoms with Crippen molar-refractivity contribution >= 4 is 0 Å². The number of aromatic nitrogens is 2. The van der Waals surface area contributed by atoms with Crippen molar-refractivity contribution in [3.8, 4) is 11.1 Å². The number of pyridine rings is 1. The second kappa shape index (κ2) is 9.71. The van der Waals surface area contributed by atoms with Gasteiger partial charge in [0.2, 0.25) is 0 Å². The fourth-order valence-electron chi connectivity index (χ4n) is 2.80. The Bertz CT molecular complexity index is 785. The fourth-order valence-corrected chi connectivity index (χ4v) is 2.80. The van der Waals surface area contributed by atoms with Crippen LogP contribution in [0.5, 0.6) is 0 Å². The van der Waals surface area contributed by atoms with Crippen molar-refractivity contribution in [3.63, 3.8) is 0 Å². The summed E-state index contributed by atoms with van der Waals surface area (Å²) in [5.74, 6) is -0.265. The maximum atomic E-state index is 11.9. The second-order valence-electron chi connectivity index (χ2n) is 5.56. The molecule has 0 N–H and O–H groups in total. The third-order valence-electron chi connectivity index (χ3n) is 3.95. The van der Waals surface area contributed by atoms with Crippen LogP contribution in [0.4, 0.5) is 4.39 Å². The summed E-state index contributed by atoms with van der Waals surface area (Å²) in [6, 6.07) is 13.1. The van der Waals surface area contributed by atoms with Crippen LogP contribution in [0.25, 0.3) is 11.1 Å². The minimum atomic E-state index is -0.337. The molecule has 136 valence electrons. The first-order valence-electron chi connectivity index (χ1n) is 8.29. The molecule has 2 aromatic heterocycles. The van der Waals surface area contributed by atoms with Gasteiger partial charge in [0.1, 0.15) is 5.82 Å². The van der Waals surface area contributed by atoms with Crippen LogP contribution in [0.3, 0.4) is 0 Å². The lowest BCUT2D eigenvalue weighted by Crippen LogP contribution is -2.10. The van der Waals surface area contributed by atoms with Crippen LogP contribution in [0.2, 0.25) is 0 Å². The van der Waals surface area contributed by atoms with Gasteiger partial charge in [-0.1, -0.05) is 19.1 Å². The molecule has 0 saturated heterocycles. The minimum absolute atomic E-state index is 0.265. The van der Waals surface area contributed by atoms with E-state index >= 15 is 0 Å². The Hall–Kier alpha value is -2.68. The summed E-state index contributed by atoms with van der Waals surface area (Å²) in [4.78, 5) is 4.07. The molecule has 0 aliphatic carbocycles. The van der Waals surface area contributed by atoms with Crippen LogP contribution in [0.15, 0.2) is 48.9 Å². The first-order chi connectivity index (χ1) is 12.6. The predicted octanol–water partition coefficient (Wildman–Crippen LogP) is 4.37. The maximum Gasteiger partial charge on any atom is 0.198 e. The zero-order valence-electron chi connectivity index (χ0n) is 15.5. The van der Waals surface area contributed by atoms with Gasteiger partial charge in [-0.05, 0) is 41.8 Å². The smallest absolute Gasteiger partial charge is 0.198 e. The minimum Gasteiger partial charge on any atom is -0.350 e. The zero-order chi connectivity index (χ0) is 18.9. The number of ether oxygens (including phenoxy) is 2. The molecular formula is C21H23FN2O2. The number of hydrogen-bond acceptors (Lipinski definition) is 3. The van der Waals surface area contributed by atoms with Crippen molar-refractivity contribution in [1.82, 2.24) is 9.55 Å². The Labute approximate surface area is 154 Å². The molecule has 3 aromatic rings. The Morgan fingerprint density at radius 3 is 2.31 bits per heavy atom. The first kappa shape index (κ1) is 19.6. The van der Waals surface area contributed by atoms with Crippen molar-refractivity contribution in [3.05, 3.63) is 78.1 Å². The number of methoxy groups -OCH3 is 2. The first-order valence-corrected chi connectivity index (χ1v) is 8.29. The third-order valence-corrected chi connectivity index (χ3v) is 3.95. The van der Waals surface area contributed by atoms with Crippen LogP contribution in [0.1, 0.15) is 24.5 Å². The molecule has 4 nitrogen and oxygen atoms in total. The van der Waals surface area contributed by atoms with Crippen LogP contribution in [-0.4, -0.2) is 23.8 Å². The summed E-state index contributed by atoms with van der Waals surface area (Å²) in [6.07, 6.45) is 6.33. The normalized spacial score (nSPS) is 10.2. The average molecular weight is 354 g/mol. The molecule has 0 atom stereocenters. The molecule has 0 saturated carbocycles. The largest absolute Gasteiger partial charge is 0.350 e. The lowest BCUT2D eigenvalue weighted by atomic mass is 10.0. The van der Waals surface area contributed by atoms with Crippen LogP contribution >= 0.6 is 0 Å². The van der Waals surface area contributed by atoms with Crippen LogP contribution in [-0.2, 0) is 22.9 Å². The monoisotopic (exact) mass is 354 g/mol. The highest BCUT2D eigenvalue weighted by atomic mass is 19.1. The quantitative estimate of drug-likeness (QED) is 0.639. The van der Waals surface area contributed by atoms with Gasteiger partial charge in [0, 0.05) is 51.5 Å². The van der Waals surface area contributed by atoms with E-state index < -0.39 is 0 Å². The van der Waals surface area contributed by atoms with Gasteiger partial charge in [0.05, 0.1) is 5.69 Å². The van der Waals surface area contributed by atoms with Crippen molar-refractivity contribution in [2.45, 2.75) is 19.6 Å². The lowest BCUT2D eigenvalue weighted by molar-refractivity contribution is -0.110. The molecule has 0 unspecified atom stereocenters. The van der Waals surface area contributed by atoms with E-state index in [0.717, 1.165) is 12.1 Å². The average Bonchev–Trinajstić information content (AvgIpc) is 3.01. The summed E-state index contributed by atoms with van der Waals surface area (Å²) in [5.41, 5.74) is 4.70. The van der Waals surface area contributed by atoms with Gasteiger partial charge in [-0.2, -0.15) is 0 Å². The molecular weight excluding hydrogens is 331 g/mol. The summed E-state index contributed by atoms with van der Waals surface area (Å²) in [6.45, 7) is 2.14. The number of halogens is 1. The third kappa shape index (κ3) is 4.69. The van der Waals surface area contributed by atoms with Gasteiger partial charge >= 0.3 is 0 Å². The summed E-state index contributed by atoms with van der Waals surface area (Å²) in [7, 11) is 5.34. The fraction of sp³-hybridized carbons (Fsp3) is 0.286. The van der Waals surface area contributed by atoms with E-state index in [1.165, 1.54) is 34.9 Å². The van der Waals surface area contributed by atoms with Gasteiger partial charge < -0.3 is 14.0 Å². The van der Waals surface area contributed by atoms with Gasteiger partial charge in [0.25, 0.3) is 0 Å². The van der Waals surface area contributed by atoms with Gasteiger partial charge in [-0.15, -0.1) is 0 Å². The van der Waals surface area contributed by atoms with Crippen molar-refractivity contribution < 1.29 is 13.9 Å². The zero-order valence-corrected chi connectivity index (χ0v) is 15.5. The standard InChI is InChI=1S/C15H20N2O2.C6H3F/c1-5-12-13(11-6-8-16-9-7-11)10-17(2)14(12)15(18-3)19-4;7-6-4-2-1-3-5-6/h6-10,15H,5H2,1-4H3;2,4-5H. The van der Waals surface area contributed by atoms with Gasteiger partial charge in [-0.3, -0.25) is 4.98 Å². The molecule has 0 aliphatic heterocycles.